The fourth-order valence-corrected chi connectivity index (χ4v) is 1.54. The molecule has 2 N–H and O–H groups in total. The molecule has 0 bridgehead atoms. The van der Waals surface area contributed by atoms with E-state index in [-0.39, 0.29) is 18.7 Å². The summed E-state index contributed by atoms with van der Waals surface area (Å²) in [6.45, 7) is 0.496. The summed E-state index contributed by atoms with van der Waals surface area (Å²) in [5.74, 6) is -1.04. The van der Waals surface area contributed by atoms with Crippen molar-refractivity contribution in [3.8, 4) is 0 Å². The zero-order valence-corrected chi connectivity index (χ0v) is 9.83. The van der Waals surface area contributed by atoms with Gasteiger partial charge < -0.3 is 19.8 Å². The summed E-state index contributed by atoms with van der Waals surface area (Å²) >= 11 is 0. The van der Waals surface area contributed by atoms with Crippen molar-refractivity contribution in [2.45, 2.75) is 6.10 Å². The highest BCUT2D eigenvalue weighted by Crippen LogP contribution is 2.18. The van der Waals surface area contributed by atoms with Crippen LogP contribution in [-0.2, 0) is 4.74 Å². The molecule has 0 aliphatic rings. The predicted octanol–water partition coefficient (Wildman–Crippen LogP) is 0.223. The number of aromatic carboxylic acids is 1. The molecule has 0 saturated heterocycles. The minimum absolute atomic E-state index is 0.111. The number of ether oxygens (including phenoxy) is 1. The Morgan fingerprint density at radius 2 is 2.35 bits per heavy atom. The van der Waals surface area contributed by atoms with Crippen LogP contribution in [0.5, 0.6) is 0 Å². The van der Waals surface area contributed by atoms with E-state index in [0.29, 0.717) is 5.69 Å². The molecule has 1 unspecified atom stereocenters. The number of likely N-dealkylation sites (N-methyl/N-ethyl adjacent to an activating group) is 1. The minimum Gasteiger partial charge on any atom is -0.478 e. The molecule has 1 rings (SSSR count). The number of carboxylic acids is 1. The van der Waals surface area contributed by atoms with Crippen LogP contribution in [-0.4, -0.2) is 54.6 Å². The number of aromatic nitrogens is 1. The molecule has 0 fully saturated rings. The lowest BCUT2D eigenvalue weighted by Gasteiger charge is -2.23. The van der Waals surface area contributed by atoms with Crippen LogP contribution in [0.2, 0.25) is 0 Å². The molecule has 6 heteroatoms. The number of aliphatic hydroxyl groups excluding tert-OH is 1. The van der Waals surface area contributed by atoms with Gasteiger partial charge in [-0.15, -0.1) is 0 Å². The van der Waals surface area contributed by atoms with Crippen LogP contribution >= 0.6 is 0 Å². The van der Waals surface area contributed by atoms with Gasteiger partial charge in [-0.3, -0.25) is 4.98 Å². The maximum Gasteiger partial charge on any atom is 0.339 e. The Morgan fingerprint density at radius 1 is 1.65 bits per heavy atom. The van der Waals surface area contributed by atoms with Crippen molar-refractivity contribution in [3.63, 3.8) is 0 Å². The molecule has 0 radical (unpaired) electrons. The van der Waals surface area contributed by atoms with E-state index in [2.05, 4.69) is 4.98 Å². The first-order chi connectivity index (χ1) is 8.06. The molecular weight excluding hydrogens is 224 g/mol. The molecule has 0 aliphatic heterocycles. The average molecular weight is 240 g/mol. The maximum absolute atomic E-state index is 11.0. The van der Waals surface area contributed by atoms with Crippen LogP contribution < -0.4 is 4.90 Å². The smallest absolute Gasteiger partial charge is 0.339 e. The highest BCUT2D eigenvalue weighted by atomic mass is 16.5. The lowest BCUT2D eigenvalue weighted by molar-refractivity contribution is 0.0680. The Morgan fingerprint density at radius 3 is 2.94 bits per heavy atom. The summed E-state index contributed by atoms with van der Waals surface area (Å²) in [7, 11) is 3.21. The first kappa shape index (κ1) is 13.4. The van der Waals surface area contributed by atoms with Crippen molar-refractivity contribution in [3.05, 3.63) is 24.0 Å². The number of anilines is 1. The van der Waals surface area contributed by atoms with Crippen molar-refractivity contribution in [1.29, 1.82) is 0 Å². The van der Waals surface area contributed by atoms with Gasteiger partial charge in [-0.2, -0.15) is 0 Å². The van der Waals surface area contributed by atoms with Crippen LogP contribution in [0.3, 0.4) is 0 Å². The van der Waals surface area contributed by atoms with Crippen molar-refractivity contribution in [2.24, 2.45) is 0 Å². The van der Waals surface area contributed by atoms with Gasteiger partial charge in [0.15, 0.2) is 0 Å². The van der Waals surface area contributed by atoms with Crippen molar-refractivity contribution in [2.75, 3.05) is 32.2 Å². The number of hydrogen-bond acceptors (Lipinski definition) is 5. The average Bonchev–Trinajstić information content (AvgIpc) is 2.29. The van der Waals surface area contributed by atoms with E-state index in [1.165, 1.54) is 19.5 Å². The van der Waals surface area contributed by atoms with Crippen LogP contribution in [0.4, 0.5) is 5.69 Å². The summed E-state index contributed by atoms with van der Waals surface area (Å²) < 4.78 is 4.81. The van der Waals surface area contributed by atoms with Crippen molar-refractivity contribution < 1.29 is 19.7 Å². The Hall–Kier alpha value is -1.66. The van der Waals surface area contributed by atoms with E-state index >= 15 is 0 Å². The van der Waals surface area contributed by atoms with E-state index in [1.54, 1.807) is 18.0 Å². The highest BCUT2D eigenvalue weighted by molar-refractivity contribution is 5.93. The fraction of sp³-hybridized carbons (Fsp3) is 0.455. The first-order valence-electron chi connectivity index (χ1n) is 5.11. The Bertz CT molecular complexity index is 383. The third-order valence-corrected chi connectivity index (χ3v) is 2.28. The van der Waals surface area contributed by atoms with Gasteiger partial charge in [0, 0.05) is 33.1 Å². The molecule has 94 valence electrons. The van der Waals surface area contributed by atoms with Gasteiger partial charge in [0.25, 0.3) is 0 Å². The van der Waals surface area contributed by atoms with E-state index < -0.39 is 12.1 Å². The molecule has 6 nitrogen and oxygen atoms in total. The SMILES string of the molecule is COCC(O)CN(C)c1ccncc1C(=O)O. The standard InChI is InChI=1S/C11H16N2O4/c1-13(6-8(14)7-17-2)10-3-4-12-5-9(10)11(15)16/h3-5,8,14H,6-7H2,1-2H3,(H,15,16). The number of hydrogen-bond donors (Lipinski definition) is 2. The first-order valence-corrected chi connectivity index (χ1v) is 5.11. The Balaban J connectivity index is 2.81. The second kappa shape index (κ2) is 6.17. The summed E-state index contributed by atoms with van der Waals surface area (Å²) in [5.41, 5.74) is 0.627. The molecule has 1 atom stereocenters. The van der Waals surface area contributed by atoms with Gasteiger partial charge in [-0.05, 0) is 6.07 Å². The van der Waals surface area contributed by atoms with Crippen LogP contribution in [0.25, 0.3) is 0 Å². The zero-order chi connectivity index (χ0) is 12.8. The van der Waals surface area contributed by atoms with E-state index in [9.17, 15) is 9.90 Å². The summed E-state index contributed by atoms with van der Waals surface area (Å²) in [5, 5.41) is 18.6. The van der Waals surface area contributed by atoms with Crippen molar-refractivity contribution >= 4 is 11.7 Å². The Labute approximate surface area is 99.5 Å². The summed E-state index contributed by atoms with van der Waals surface area (Å²) in [6, 6.07) is 1.60. The predicted molar refractivity (Wildman–Crippen MR) is 62.3 cm³/mol. The molecule has 1 aromatic rings. The maximum atomic E-state index is 11.0. The number of nitrogens with zero attached hydrogens (tertiary/aromatic N) is 2. The lowest BCUT2D eigenvalue weighted by atomic mass is 10.2. The van der Waals surface area contributed by atoms with Gasteiger partial charge in [0.05, 0.1) is 18.4 Å². The number of aliphatic hydroxyl groups is 1. The minimum atomic E-state index is -1.04. The van der Waals surface area contributed by atoms with E-state index in [4.69, 9.17) is 9.84 Å². The number of rotatable bonds is 6. The lowest BCUT2D eigenvalue weighted by Crippen LogP contribution is -2.32. The topological polar surface area (TPSA) is 82.9 Å². The summed E-state index contributed by atoms with van der Waals surface area (Å²) in [6.07, 6.45) is 2.14. The van der Waals surface area contributed by atoms with E-state index in [1.807, 2.05) is 0 Å². The highest BCUT2D eigenvalue weighted by Gasteiger charge is 2.15. The Kier molecular flexibility index (Phi) is 4.86. The van der Waals surface area contributed by atoms with Crippen LogP contribution in [0.1, 0.15) is 10.4 Å². The van der Waals surface area contributed by atoms with Crippen LogP contribution in [0, 0.1) is 0 Å². The molecule has 0 aliphatic carbocycles. The molecule has 17 heavy (non-hydrogen) atoms. The normalized spacial score (nSPS) is 12.2. The van der Waals surface area contributed by atoms with Gasteiger partial charge >= 0.3 is 5.97 Å². The zero-order valence-electron chi connectivity index (χ0n) is 9.83. The second-order valence-corrected chi connectivity index (χ2v) is 3.69. The van der Waals surface area contributed by atoms with Gasteiger partial charge in [0.2, 0.25) is 0 Å². The third-order valence-electron chi connectivity index (χ3n) is 2.28. The number of carbonyl (C=O) groups is 1. The molecule has 0 saturated carbocycles. The number of pyridine rings is 1. The molecule has 0 spiro atoms. The summed E-state index contributed by atoms with van der Waals surface area (Å²) in [4.78, 5) is 16.4. The fourth-order valence-electron chi connectivity index (χ4n) is 1.54. The number of methoxy groups -OCH3 is 1. The second-order valence-electron chi connectivity index (χ2n) is 3.69. The van der Waals surface area contributed by atoms with Gasteiger partial charge in [-0.25, -0.2) is 4.79 Å². The molecule has 0 aromatic carbocycles. The monoisotopic (exact) mass is 240 g/mol. The molecule has 1 heterocycles. The number of carboxylic acid groups (broad SMARTS) is 1. The molecule has 0 amide bonds. The van der Waals surface area contributed by atoms with E-state index in [0.717, 1.165) is 0 Å². The third kappa shape index (κ3) is 3.69. The molecular formula is C11H16N2O4. The van der Waals surface area contributed by atoms with Gasteiger partial charge in [-0.1, -0.05) is 0 Å². The van der Waals surface area contributed by atoms with Crippen molar-refractivity contribution in [1.82, 2.24) is 4.98 Å². The molecule has 1 aromatic heterocycles. The van der Waals surface area contributed by atoms with Gasteiger partial charge in [0.1, 0.15) is 5.56 Å². The quantitative estimate of drug-likeness (QED) is 0.740. The van der Waals surface area contributed by atoms with Crippen LogP contribution in [0.15, 0.2) is 18.5 Å². The largest absolute Gasteiger partial charge is 0.478 e.